The van der Waals surface area contributed by atoms with Gasteiger partial charge in [0.15, 0.2) is 0 Å². The Kier molecular flexibility index (Phi) is 2.25. The predicted octanol–water partition coefficient (Wildman–Crippen LogP) is 0.000600. The molecule has 1 saturated heterocycles. The van der Waals surface area contributed by atoms with Crippen LogP contribution >= 0.6 is 0 Å². The summed E-state index contributed by atoms with van der Waals surface area (Å²) in [6, 6.07) is 1.79. The number of carbonyl (C=O) groups is 1. The van der Waals surface area contributed by atoms with Gasteiger partial charge in [0.05, 0.1) is 25.3 Å². The number of aryl methyl sites for hydroxylation is 1. The van der Waals surface area contributed by atoms with Crippen molar-refractivity contribution >= 4 is 11.7 Å². The molecular formula is C9H13N3O2. The zero-order valence-electron chi connectivity index (χ0n) is 8.05. The van der Waals surface area contributed by atoms with Crippen molar-refractivity contribution in [3.63, 3.8) is 0 Å². The second-order valence-corrected chi connectivity index (χ2v) is 3.37. The zero-order chi connectivity index (χ0) is 10.1. The summed E-state index contributed by atoms with van der Waals surface area (Å²) in [5, 5.41) is 13.4. The van der Waals surface area contributed by atoms with Crippen molar-refractivity contribution in [2.45, 2.75) is 26.0 Å². The Labute approximate surface area is 81.9 Å². The highest BCUT2D eigenvalue weighted by Gasteiger charge is 2.30. The van der Waals surface area contributed by atoms with E-state index >= 15 is 0 Å². The number of hydrogen-bond acceptors (Lipinski definition) is 3. The van der Waals surface area contributed by atoms with Crippen LogP contribution in [0, 0.1) is 0 Å². The molecule has 0 aliphatic carbocycles. The van der Waals surface area contributed by atoms with Crippen molar-refractivity contribution in [1.29, 1.82) is 0 Å². The molecule has 1 fully saturated rings. The lowest BCUT2D eigenvalue weighted by Gasteiger charge is -2.16. The molecule has 5 nitrogen and oxygen atoms in total. The van der Waals surface area contributed by atoms with Gasteiger partial charge in [-0.25, -0.2) is 4.68 Å². The number of anilines is 1. The van der Waals surface area contributed by atoms with E-state index in [2.05, 4.69) is 5.10 Å². The summed E-state index contributed by atoms with van der Waals surface area (Å²) in [7, 11) is 0. The third-order valence-corrected chi connectivity index (χ3v) is 2.37. The molecule has 1 unspecified atom stereocenters. The first-order chi connectivity index (χ1) is 6.72. The van der Waals surface area contributed by atoms with Crippen molar-refractivity contribution in [3.8, 4) is 0 Å². The van der Waals surface area contributed by atoms with Crippen LogP contribution in [0.4, 0.5) is 5.82 Å². The van der Waals surface area contributed by atoms with Gasteiger partial charge in [0.1, 0.15) is 5.82 Å². The van der Waals surface area contributed by atoms with E-state index in [1.807, 2.05) is 6.92 Å². The minimum absolute atomic E-state index is 0.0345. The maximum absolute atomic E-state index is 11.5. The molecule has 5 heteroatoms. The van der Waals surface area contributed by atoms with Crippen molar-refractivity contribution in [2.75, 3.05) is 11.4 Å². The summed E-state index contributed by atoms with van der Waals surface area (Å²) in [6.45, 7) is 3.07. The number of aliphatic hydroxyl groups excluding tert-OH is 1. The lowest BCUT2D eigenvalue weighted by molar-refractivity contribution is -0.117. The van der Waals surface area contributed by atoms with Crippen LogP contribution in [0.2, 0.25) is 0 Å². The molecule has 1 N–H and O–H groups in total. The number of aliphatic hydroxyl groups is 1. The standard InChI is InChI=1S/C9H13N3O2/c1-2-12-8(3-4-10-12)11-6-7(13)5-9(11)14/h3-4,7,13H,2,5-6H2,1H3. The lowest BCUT2D eigenvalue weighted by Crippen LogP contribution is -2.27. The van der Waals surface area contributed by atoms with E-state index in [1.54, 1.807) is 21.8 Å². The molecule has 0 radical (unpaired) electrons. The number of aromatic nitrogens is 2. The number of hydrogen-bond donors (Lipinski definition) is 1. The quantitative estimate of drug-likeness (QED) is 0.722. The molecule has 1 aliphatic rings. The number of nitrogens with zero attached hydrogens (tertiary/aromatic N) is 3. The number of β-amino-alcohol motifs (C(OH)–C–C–N with tert-alkyl or cyclic N) is 1. The summed E-state index contributed by atoms with van der Waals surface area (Å²) < 4.78 is 1.75. The fraction of sp³-hybridized carbons (Fsp3) is 0.556. The van der Waals surface area contributed by atoms with Crippen molar-refractivity contribution in [3.05, 3.63) is 12.3 Å². The second-order valence-electron chi connectivity index (χ2n) is 3.37. The minimum atomic E-state index is -0.539. The van der Waals surface area contributed by atoms with Gasteiger partial charge >= 0.3 is 0 Å². The predicted molar refractivity (Wildman–Crippen MR) is 50.9 cm³/mol. The van der Waals surface area contributed by atoms with Gasteiger partial charge in [-0.15, -0.1) is 0 Å². The third kappa shape index (κ3) is 1.39. The Morgan fingerprint density at radius 2 is 2.50 bits per heavy atom. The van der Waals surface area contributed by atoms with Gasteiger partial charge in [-0.2, -0.15) is 5.10 Å². The van der Waals surface area contributed by atoms with Gasteiger partial charge in [0, 0.05) is 12.6 Å². The smallest absolute Gasteiger partial charge is 0.230 e. The lowest BCUT2D eigenvalue weighted by atomic mass is 10.3. The molecule has 1 aromatic rings. The van der Waals surface area contributed by atoms with Gasteiger partial charge < -0.3 is 5.11 Å². The topological polar surface area (TPSA) is 58.4 Å². The van der Waals surface area contributed by atoms with Crippen LogP contribution in [0.25, 0.3) is 0 Å². The van der Waals surface area contributed by atoms with Gasteiger partial charge in [-0.1, -0.05) is 0 Å². The molecule has 1 amide bonds. The summed E-state index contributed by atoms with van der Waals surface area (Å²) in [5.41, 5.74) is 0. The van der Waals surface area contributed by atoms with E-state index < -0.39 is 6.10 Å². The van der Waals surface area contributed by atoms with Crippen molar-refractivity contribution in [2.24, 2.45) is 0 Å². The Morgan fingerprint density at radius 3 is 3.07 bits per heavy atom. The van der Waals surface area contributed by atoms with Crippen LogP contribution in [0.3, 0.4) is 0 Å². The Morgan fingerprint density at radius 1 is 1.71 bits per heavy atom. The fourth-order valence-corrected chi connectivity index (χ4v) is 1.71. The van der Waals surface area contributed by atoms with E-state index in [0.29, 0.717) is 6.54 Å². The normalized spacial score (nSPS) is 22.0. The molecule has 1 aliphatic heterocycles. The van der Waals surface area contributed by atoms with Crippen LogP contribution in [0.1, 0.15) is 13.3 Å². The Balaban J connectivity index is 2.27. The summed E-state index contributed by atoms with van der Waals surface area (Å²) in [4.78, 5) is 13.1. The van der Waals surface area contributed by atoms with E-state index in [-0.39, 0.29) is 12.3 Å². The minimum Gasteiger partial charge on any atom is -0.391 e. The largest absolute Gasteiger partial charge is 0.391 e. The summed E-state index contributed by atoms with van der Waals surface area (Å²) in [5.74, 6) is 0.738. The monoisotopic (exact) mass is 195 g/mol. The molecule has 2 heterocycles. The van der Waals surface area contributed by atoms with E-state index in [4.69, 9.17) is 0 Å². The first-order valence-corrected chi connectivity index (χ1v) is 4.72. The maximum atomic E-state index is 11.5. The number of rotatable bonds is 2. The molecule has 0 aromatic carbocycles. The highest BCUT2D eigenvalue weighted by molar-refractivity contribution is 5.95. The van der Waals surface area contributed by atoms with Gasteiger partial charge in [-0.3, -0.25) is 9.69 Å². The number of amides is 1. The van der Waals surface area contributed by atoms with Crippen LogP contribution in [-0.4, -0.2) is 33.4 Å². The average molecular weight is 195 g/mol. The molecule has 0 saturated carbocycles. The van der Waals surface area contributed by atoms with Crippen molar-refractivity contribution < 1.29 is 9.90 Å². The molecule has 0 spiro atoms. The van der Waals surface area contributed by atoms with Crippen LogP contribution in [0.15, 0.2) is 12.3 Å². The highest BCUT2D eigenvalue weighted by Crippen LogP contribution is 2.20. The Bertz CT molecular complexity index is 348. The molecule has 1 atom stereocenters. The molecule has 1 aromatic heterocycles. The van der Waals surface area contributed by atoms with Gasteiger partial charge in [-0.05, 0) is 6.92 Å². The first-order valence-electron chi connectivity index (χ1n) is 4.72. The molecular weight excluding hydrogens is 182 g/mol. The van der Waals surface area contributed by atoms with Crippen LogP contribution in [0.5, 0.6) is 0 Å². The Hall–Kier alpha value is -1.36. The second kappa shape index (κ2) is 3.42. The van der Waals surface area contributed by atoms with Gasteiger partial charge in [0.25, 0.3) is 0 Å². The SMILES string of the molecule is CCn1nccc1N1CC(O)CC1=O. The maximum Gasteiger partial charge on any atom is 0.230 e. The average Bonchev–Trinajstić information content (AvgIpc) is 2.71. The third-order valence-electron chi connectivity index (χ3n) is 2.37. The summed E-state index contributed by atoms with van der Waals surface area (Å²) >= 11 is 0. The molecule has 14 heavy (non-hydrogen) atoms. The summed E-state index contributed by atoms with van der Waals surface area (Å²) in [6.07, 6.45) is 1.34. The molecule has 76 valence electrons. The van der Waals surface area contributed by atoms with Crippen LogP contribution in [-0.2, 0) is 11.3 Å². The fourth-order valence-electron chi connectivity index (χ4n) is 1.71. The highest BCUT2D eigenvalue weighted by atomic mass is 16.3. The van der Waals surface area contributed by atoms with Gasteiger partial charge in [0.2, 0.25) is 5.91 Å². The van der Waals surface area contributed by atoms with E-state index in [1.165, 1.54) is 0 Å². The van der Waals surface area contributed by atoms with Crippen LogP contribution < -0.4 is 4.90 Å². The van der Waals surface area contributed by atoms with Crippen molar-refractivity contribution in [1.82, 2.24) is 9.78 Å². The molecule has 0 bridgehead atoms. The van der Waals surface area contributed by atoms with E-state index in [9.17, 15) is 9.90 Å². The van der Waals surface area contributed by atoms with E-state index in [0.717, 1.165) is 12.4 Å². The molecule has 2 rings (SSSR count). The number of carbonyl (C=O) groups excluding carboxylic acids is 1. The zero-order valence-corrected chi connectivity index (χ0v) is 8.05. The first kappa shape index (κ1) is 9.21.